The van der Waals surface area contributed by atoms with Gasteiger partial charge in [-0.3, -0.25) is 10.1 Å². The molecule has 106 valence electrons. The van der Waals surface area contributed by atoms with Gasteiger partial charge in [0.15, 0.2) is 0 Å². The third-order valence-electron chi connectivity index (χ3n) is 2.92. The SMILES string of the molecule is CCNC(COCCOC)(C(N)=O)c1ccccc1. The van der Waals surface area contributed by atoms with E-state index in [1.807, 2.05) is 37.3 Å². The van der Waals surface area contributed by atoms with Crippen molar-refractivity contribution in [2.75, 3.05) is 33.5 Å². The summed E-state index contributed by atoms with van der Waals surface area (Å²) in [7, 11) is 1.60. The molecule has 0 saturated heterocycles. The molecule has 0 aliphatic carbocycles. The second-order valence-corrected chi connectivity index (χ2v) is 4.21. The van der Waals surface area contributed by atoms with Gasteiger partial charge in [0.2, 0.25) is 5.91 Å². The maximum atomic E-state index is 11.9. The molecule has 1 rings (SSSR count). The van der Waals surface area contributed by atoms with Crippen molar-refractivity contribution in [3.8, 4) is 0 Å². The maximum Gasteiger partial charge on any atom is 0.244 e. The average molecular weight is 266 g/mol. The van der Waals surface area contributed by atoms with Crippen LogP contribution in [-0.4, -0.2) is 39.4 Å². The molecule has 1 aromatic rings. The molecule has 1 aromatic carbocycles. The van der Waals surface area contributed by atoms with Crippen LogP contribution in [0.5, 0.6) is 0 Å². The quantitative estimate of drug-likeness (QED) is 0.643. The van der Waals surface area contributed by atoms with Crippen molar-refractivity contribution in [1.82, 2.24) is 5.32 Å². The second-order valence-electron chi connectivity index (χ2n) is 4.21. The number of primary amides is 1. The van der Waals surface area contributed by atoms with E-state index in [2.05, 4.69) is 5.32 Å². The van der Waals surface area contributed by atoms with Crippen LogP contribution in [0.2, 0.25) is 0 Å². The van der Waals surface area contributed by atoms with Gasteiger partial charge in [0, 0.05) is 7.11 Å². The summed E-state index contributed by atoms with van der Waals surface area (Å²) in [6.07, 6.45) is 0. The van der Waals surface area contributed by atoms with Crippen LogP contribution in [0.25, 0.3) is 0 Å². The average Bonchev–Trinajstić information content (AvgIpc) is 2.43. The molecule has 1 amide bonds. The predicted molar refractivity (Wildman–Crippen MR) is 73.7 cm³/mol. The number of methoxy groups -OCH3 is 1. The molecule has 5 nitrogen and oxygen atoms in total. The normalized spacial score (nSPS) is 14.0. The van der Waals surface area contributed by atoms with Crippen molar-refractivity contribution in [3.63, 3.8) is 0 Å². The lowest BCUT2D eigenvalue weighted by atomic mass is 9.89. The molecule has 0 spiro atoms. The van der Waals surface area contributed by atoms with Crippen LogP contribution in [-0.2, 0) is 19.8 Å². The molecule has 19 heavy (non-hydrogen) atoms. The lowest BCUT2D eigenvalue weighted by Crippen LogP contribution is -2.56. The fourth-order valence-electron chi connectivity index (χ4n) is 1.93. The fraction of sp³-hybridized carbons (Fsp3) is 0.500. The number of rotatable bonds is 9. The first-order valence-corrected chi connectivity index (χ1v) is 6.34. The summed E-state index contributed by atoms with van der Waals surface area (Å²) in [5.74, 6) is -0.446. The third kappa shape index (κ3) is 4.02. The largest absolute Gasteiger partial charge is 0.382 e. The minimum Gasteiger partial charge on any atom is -0.382 e. The molecule has 0 fully saturated rings. The Morgan fingerprint density at radius 2 is 2.00 bits per heavy atom. The highest BCUT2D eigenvalue weighted by atomic mass is 16.5. The lowest BCUT2D eigenvalue weighted by molar-refractivity contribution is -0.128. The van der Waals surface area contributed by atoms with Crippen LogP contribution in [0, 0.1) is 0 Å². The Hall–Kier alpha value is -1.43. The molecule has 0 radical (unpaired) electrons. The van der Waals surface area contributed by atoms with Gasteiger partial charge in [0.05, 0.1) is 19.8 Å². The Labute approximate surface area is 114 Å². The minimum absolute atomic E-state index is 0.184. The number of nitrogens with two attached hydrogens (primary N) is 1. The molecule has 0 bridgehead atoms. The van der Waals surface area contributed by atoms with E-state index < -0.39 is 11.4 Å². The van der Waals surface area contributed by atoms with Crippen molar-refractivity contribution in [3.05, 3.63) is 35.9 Å². The first kappa shape index (κ1) is 15.6. The standard InChI is InChI=1S/C14H22N2O3/c1-3-16-14(13(15)17,11-19-10-9-18-2)12-7-5-4-6-8-12/h4-8,16H,3,9-11H2,1-2H3,(H2,15,17). The van der Waals surface area contributed by atoms with E-state index in [4.69, 9.17) is 15.2 Å². The first-order chi connectivity index (χ1) is 9.17. The van der Waals surface area contributed by atoms with Crippen molar-refractivity contribution in [1.29, 1.82) is 0 Å². The van der Waals surface area contributed by atoms with Gasteiger partial charge in [-0.05, 0) is 12.1 Å². The van der Waals surface area contributed by atoms with Crippen LogP contribution in [0.4, 0.5) is 0 Å². The molecule has 1 atom stereocenters. The number of likely N-dealkylation sites (N-methyl/N-ethyl adjacent to an activating group) is 1. The van der Waals surface area contributed by atoms with Gasteiger partial charge >= 0.3 is 0 Å². The Bertz CT molecular complexity index is 384. The number of benzene rings is 1. The number of carbonyl (C=O) groups excluding carboxylic acids is 1. The summed E-state index contributed by atoms with van der Waals surface area (Å²) in [6.45, 7) is 3.63. The number of amides is 1. The van der Waals surface area contributed by atoms with Gasteiger partial charge in [-0.2, -0.15) is 0 Å². The lowest BCUT2D eigenvalue weighted by Gasteiger charge is -2.31. The van der Waals surface area contributed by atoms with E-state index in [-0.39, 0.29) is 6.61 Å². The van der Waals surface area contributed by atoms with Crippen molar-refractivity contribution in [2.45, 2.75) is 12.5 Å². The van der Waals surface area contributed by atoms with E-state index in [0.29, 0.717) is 19.8 Å². The highest BCUT2D eigenvalue weighted by Crippen LogP contribution is 2.21. The Morgan fingerprint density at radius 3 is 2.53 bits per heavy atom. The Morgan fingerprint density at radius 1 is 1.32 bits per heavy atom. The zero-order valence-corrected chi connectivity index (χ0v) is 11.5. The summed E-state index contributed by atoms with van der Waals surface area (Å²) < 4.78 is 10.4. The van der Waals surface area contributed by atoms with Gasteiger partial charge in [0.1, 0.15) is 5.54 Å². The van der Waals surface area contributed by atoms with Gasteiger partial charge in [-0.15, -0.1) is 0 Å². The van der Waals surface area contributed by atoms with Gasteiger partial charge in [0.25, 0.3) is 0 Å². The summed E-state index contributed by atoms with van der Waals surface area (Å²) in [5, 5.41) is 3.15. The summed E-state index contributed by atoms with van der Waals surface area (Å²) >= 11 is 0. The van der Waals surface area contributed by atoms with Crippen molar-refractivity contribution in [2.24, 2.45) is 5.73 Å². The van der Waals surface area contributed by atoms with E-state index in [1.54, 1.807) is 7.11 Å². The fourth-order valence-corrected chi connectivity index (χ4v) is 1.93. The summed E-state index contributed by atoms with van der Waals surface area (Å²) in [5.41, 5.74) is 5.40. The summed E-state index contributed by atoms with van der Waals surface area (Å²) in [6, 6.07) is 9.38. The second kappa shape index (κ2) is 7.89. The minimum atomic E-state index is -0.996. The number of hydrogen-bond donors (Lipinski definition) is 2. The van der Waals surface area contributed by atoms with E-state index in [9.17, 15) is 4.79 Å². The topological polar surface area (TPSA) is 73.6 Å². The highest BCUT2D eigenvalue weighted by molar-refractivity contribution is 5.86. The highest BCUT2D eigenvalue weighted by Gasteiger charge is 2.38. The molecule has 0 saturated carbocycles. The van der Waals surface area contributed by atoms with Crippen LogP contribution >= 0.6 is 0 Å². The molecular formula is C14H22N2O3. The molecular weight excluding hydrogens is 244 g/mol. The predicted octanol–water partition coefficient (Wildman–Crippen LogP) is 0.640. The molecule has 0 heterocycles. The first-order valence-electron chi connectivity index (χ1n) is 6.34. The third-order valence-corrected chi connectivity index (χ3v) is 2.92. The van der Waals surface area contributed by atoms with E-state index in [0.717, 1.165) is 5.56 Å². The van der Waals surface area contributed by atoms with Gasteiger partial charge < -0.3 is 15.2 Å². The monoisotopic (exact) mass is 266 g/mol. The van der Waals surface area contributed by atoms with Crippen LogP contribution in [0.15, 0.2) is 30.3 Å². The maximum absolute atomic E-state index is 11.9. The van der Waals surface area contributed by atoms with Gasteiger partial charge in [-0.25, -0.2) is 0 Å². The number of carbonyl (C=O) groups is 1. The Kier molecular flexibility index (Phi) is 6.49. The zero-order valence-electron chi connectivity index (χ0n) is 11.5. The Balaban J connectivity index is 2.91. The molecule has 0 aromatic heterocycles. The van der Waals surface area contributed by atoms with Gasteiger partial charge in [-0.1, -0.05) is 37.3 Å². The zero-order chi connectivity index (χ0) is 14.1. The summed E-state index contributed by atoms with van der Waals surface area (Å²) in [4.78, 5) is 11.9. The van der Waals surface area contributed by atoms with Crippen molar-refractivity contribution >= 4 is 5.91 Å². The molecule has 3 N–H and O–H groups in total. The number of nitrogens with one attached hydrogen (secondary N) is 1. The molecule has 0 aliphatic heterocycles. The van der Waals surface area contributed by atoms with Crippen LogP contribution in [0.3, 0.4) is 0 Å². The number of ether oxygens (including phenoxy) is 2. The smallest absolute Gasteiger partial charge is 0.244 e. The van der Waals surface area contributed by atoms with Crippen molar-refractivity contribution < 1.29 is 14.3 Å². The van der Waals surface area contributed by atoms with Crippen LogP contribution in [0.1, 0.15) is 12.5 Å². The molecule has 0 aliphatic rings. The van der Waals surface area contributed by atoms with E-state index >= 15 is 0 Å². The van der Waals surface area contributed by atoms with E-state index in [1.165, 1.54) is 0 Å². The molecule has 5 heteroatoms. The molecule has 1 unspecified atom stereocenters. The van der Waals surface area contributed by atoms with Crippen LogP contribution < -0.4 is 11.1 Å². The number of hydrogen-bond acceptors (Lipinski definition) is 4.